The van der Waals surface area contributed by atoms with Crippen molar-refractivity contribution in [2.75, 3.05) is 17.3 Å². The lowest BCUT2D eigenvalue weighted by molar-refractivity contribution is -0.119. The molecule has 2 aliphatic rings. The maximum atomic E-state index is 13.5. The van der Waals surface area contributed by atoms with E-state index in [2.05, 4.69) is 19.2 Å². The fourth-order valence-corrected chi connectivity index (χ4v) is 4.62. The number of ketones is 1. The van der Waals surface area contributed by atoms with E-state index in [1.807, 2.05) is 55.5 Å². The lowest BCUT2D eigenvalue weighted by Crippen LogP contribution is -2.39. The SMILES string of the molecule is CCC(=O)N1c2ccccc2NC2=C(C(=O)CC(C)(C)C2)C1c1ccccc1OC. The molecule has 2 aromatic rings. The maximum Gasteiger partial charge on any atom is 0.227 e. The first-order chi connectivity index (χ1) is 14.4. The van der Waals surface area contributed by atoms with Gasteiger partial charge in [0.1, 0.15) is 5.75 Å². The minimum Gasteiger partial charge on any atom is -0.496 e. The van der Waals surface area contributed by atoms with Crippen LogP contribution in [0, 0.1) is 5.41 Å². The Balaban J connectivity index is 2.04. The predicted molar refractivity (Wildman–Crippen MR) is 119 cm³/mol. The van der Waals surface area contributed by atoms with Crippen molar-refractivity contribution in [1.29, 1.82) is 0 Å². The molecule has 1 aliphatic heterocycles. The Morgan fingerprint density at radius 2 is 1.83 bits per heavy atom. The van der Waals surface area contributed by atoms with E-state index in [1.54, 1.807) is 12.0 Å². The van der Waals surface area contributed by atoms with Crippen LogP contribution >= 0.6 is 0 Å². The van der Waals surface area contributed by atoms with Crippen molar-refractivity contribution >= 4 is 23.1 Å². The smallest absolute Gasteiger partial charge is 0.227 e. The van der Waals surface area contributed by atoms with Crippen LogP contribution in [0.1, 0.15) is 51.6 Å². The molecule has 156 valence electrons. The van der Waals surface area contributed by atoms with Crippen LogP contribution in [0.25, 0.3) is 0 Å². The van der Waals surface area contributed by atoms with E-state index in [0.29, 0.717) is 24.2 Å². The van der Waals surface area contributed by atoms with E-state index in [-0.39, 0.29) is 17.1 Å². The summed E-state index contributed by atoms with van der Waals surface area (Å²) in [5.41, 5.74) is 3.85. The Labute approximate surface area is 177 Å². The zero-order valence-corrected chi connectivity index (χ0v) is 18.0. The summed E-state index contributed by atoms with van der Waals surface area (Å²) in [6.07, 6.45) is 1.52. The average molecular weight is 405 g/mol. The Hall–Kier alpha value is -3.08. The van der Waals surface area contributed by atoms with Gasteiger partial charge in [-0.2, -0.15) is 0 Å². The molecule has 0 saturated heterocycles. The number of anilines is 2. The number of Topliss-reactive ketones (excluding diaryl/α,β-unsaturated/α-hetero) is 1. The van der Waals surface area contributed by atoms with Crippen LogP contribution in [0.2, 0.25) is 0 Å². The molecule has 0 spiro atoms. The quantitative estimate of drug-likeness (QED) is 0.759. The van der Waals surface area contributed by atoms with Gasteiger partial charge >= 0.3 is 0 Å². The van der Waals surface area contributed by atoms with Gasteiger partial charge in [0, 0.05) is 29.7 Å². The summed E-state index contributed by atoms with van der Waals surface area (Å²) in [5.74, 6) is 0.707. The summed E-state index contributed by atoms with van der Waals surface area (Å²) in [6.45, 7) is 6.07. The molecule has 1 atom stereocenters. The number of carbonyl (C=O) groups is 2. The van der Waals surface area contributed by atoms with Crippen molar-refractivity contribution < 1.29 is 14.3 Å². The number of rotatable bonds is 3. The normalized spacial score (nSPS) is 20.1. The summed E-state index contributed by atoms with van der Waals surface area (Å²) < 4.78 is 5.65. The standard InChI is InChI=1S/C25H28N2O3/c1-5-22(29)27-19-12-8-7-11-17(19)26-18-14-25(2,3)15-20(28)23(18)24(27)16-10-6-9-13-21(16)30-4/h6-13,24,26H,5,14-15H2,1-4H3. The molecule has 1 unspecified atom stereocenters. The minimum absolute atomic E-state index is 0.0356. The van der Waals surface area contributed by atoms with Crippen molar-refractivity contribution in [2.45, 2.75) is 46.1 Å². The molecule has 2 aromatic carbocycles. The summed E-state index contributed by atoms with van der Waals surface area (Å²) >= 11 is 0. The van der Waals surface area contributed by atoms with Crippen LogP contribution < -0.4 is 15.0 Å². The van der Waals surface area contributed by atoms with Crippen molar-refractivity contribution in [3.05, 3.63) is 65.4 Å². The number of hydrogen-bond donors (Lipinski definition) is 1. The molecule has 1 aliphatic carbocycles. The molecule has 5 heteroatoms. The lowest BCUT2D eigenvalue weighted by Gasteiger charge is -2.37. The summed E-state index contributed by atoms with van der Waals surface area (Å²) in [5, 5.41) is 3.52. The molecule has 0 bridgehead atoms. The van der Waals surface area contributed by atoms with Crippen LogP contribution in [-0.2, 0) is 9.59 Å². The summed E-state index contributed by atoms with van der Waals surface area (Å²) in [6, 6.07) is 14.9. The number of amides is 1. The number of carbonyl (C=O) groups excluding carboxylic acids is 2. The zero-order valence-electron chi connectivity index (χ0n) is 18.0. The molecule has 0 saturated carbocycles. The largest absolute Gasteiger partial charge is 0.496 e. The maximum absolute atomic E-state index is 13.5. The fourth-order valence-electron chi connectivity index (χ4n) is 4.62. The van der Waals surface area contributed by atoms with Gasteiger partial charge in [0.25, 0.3) is 0 Å². The van der Waals surface area contributed by atoms with Crippen LogP contribution in [-0.4, -0.2) is 18.8 Å². The number of fused-ring (bicyclic) bond motifs is 1. The second-order valence-corrected chi connectivity index (χ2v) is 8.74. The number of benzene rings is 2. The molecule has 30 heavy (non-hydrogen) atoms. The van der Waals surface area contributed by atoms with Crippen LogP contribution in [0.15, 0.2) is 59.8 Å². The molecular weight excluding hydrogens is 376 g/mol. The summed E-state index contributed by atoms with van der Waals surface area (Å²) in [4.78, 5) is 28.6. The van der Waals surface area contributed by atoms with Crippen LogP contribution in [0.3, 0.4) is 0 Å². The number of hydrogen-bond acceptors (Lipinski definition) is 4. The molecular formula is C25H28N2O3. The monoisotopic (exact) mass is 404 g/mol. The summed E-state index contributed by atoms with van der Waals surface area (Å²) in [7, 11) is 1.62. The highest BCUT2D eigenvalue weighted by molar-refractivity contribution is 6.06. The molecule has 4 rings (SSSR count). The first-order valence-electron chi connectivity index (χ1n) is 10.4. The first-order valence-corrected chi connectivity index (χ1v) is 10.4. The Kier molecular flexibility index (Phi) is 5.14. The van der Waals surface area contributed by atoms with Crippen molar-refractivity contribution in [1.82, 2.24) is 0 Å². The molecule has 0 fully saturated rings. The third-order valence-corrected chi connectivity index (χ3v) is 5.91. The van der Waals surface area contributed by atoms with Gasteiger partial charge in [0.05, 0.1) is 24.5 Å². The number of nitrogens with one attached hydrogen (secondary N) is 1. The highest BCUT2D eigenvalue weighted by Crippen LogP contribution is 2.49. The topological polar surface area (TPSA) is 58.6 Å². The van der Waals surface area contributed by atoms with Gasteiger partial charge in [-0.25, -0.2) is 0 Å². The van der Waals surface area contributed by atoms with E-state index in [4.69, 9.17) is 4.74 Å². The molecule has 0 aromatic heterocycles. The molecule has 5 nitrogen and oxygen atoms in total. The van der Waals surface area contributed by atoms with Gasteiger partial charge in [0.15, 0.2) is 5.78 Å². The van der Waals surface area contributed by atoms with Crippen molar-refractivity contribution in [3.8, 4) is 5.75 Å². The van der Waals surface area contributed by atoms with E-state index < -0.39 is 6.04 Å². The van der Waals surface area contributed by atoms with Gasteiger partial charge in [-0.05, 0) is 30.0 Å². The lowest BCUT2D eigenvalue weighted by atomic mass is 9.73. The molecule has 0 radical (unpaired) electrons. The van der Waals surface area contributed by atoms with E-state index in [0.717, 1.165) is 29.1 Å². The fraction of sp³-hybridized carbons (Fsp3) is 0.360. The third kappa shape index (κ3) is 3.38. The van der Waals surface area contributed by atoms with Gasteiger partial charge in [-0.3, -0.25) is 14.5 Å². The van der Waals surface area contributed by atoms with E-state index in [1.165, 1.54) is 0 Å². The predicted octanol–water partition coefficient (Wildman–Crippen LogP) is 5.25. The van der Waals surface area contributed by atoms with E-state index in [9.17, 15) is 9.59 Å². The molecule has 1 heterocycles. The Morgan fingerprint density at radius 3 is 2.57 bits per heavy atom. The third-order valence-electron chi connectivity index (χ3n) is 5.91. The first kappa shape index (κ1) is 20.2. The van der Waals surface area contributed by atoms with E-state index >= 15 is 0 Å². The minimum atomic E-state index is -0.539. The van der Waals surface area contributed by atoms with Gasteiger partial charge in [-0.15, -0.1) is 0 Å². The van der Waals surface area contributed by atoms with Gasteiger partial charge in [0.2, 0.25) is 5.91 Å². The number of methoxy groups -OCH3 is 1. The van der Waals surface area contributed by atoms with Crippen LogP contribution in [0.5, 0.6) is 5.75 Å². The Bertz CT molecular complexity index is 1040. The second-order valence-electron chi connectivity index (χ2n) is 8.74. The molecule has 1 amide bonds. The average Bonchev–Trinajstić information content (AvgIpc) is 2.86. The van der Waals surface area contributed by atoms with Gasteiger partial charge < -0.3 is 10.1 Å². The zero-order chi connectivity index (χ0) is 21.5. The van der Waals surface area contributed by atoms with Crippen molar-refractivity contribution in [3.63, 3.8) is 0 Å². The number of ether oxygens (including phenoxy) is 1. The van der Waals surface area contributed by atoms with Crippen LogP contribution in [0.4, 0.5) is 11.4 Å². The van der Waals surface area contributed by atoms with Crippen molar-refractivity contribution in [2.24, 2.45) is 5.41 Å². The second kappa shape index (κ2) is 7.63. The highest BCUT2D eigenvalue weighted by atomic mass is 16.5. The van der Waals surface area contributed by atoms with Gasteiger partial charge in [-0.1, -0.05) is 51.1 Å². The molecule has 1 N–H and O–H groups in total. The Morgan fingerprint density at radius 1 is 1.13 bits per heavy atom. The highest BCUT2D eigenvalue weighted by Gasteiger charge is 2.43. The number of nitrogens with zero attached hydrogens (tertiary/aromatic N) is 1. The number of para-hydroxylation sites is 3. The number of allylic oxidation sites excluding steroid dienone is 1.